The molecular formula is C7H17NO. The summed E-state index contributed by atoms with van der Waals surface area (Å²) in [6.07, 6.45) is 1.99. The Morgan fingerprint density at radius 1 is 1.56 bits per heavy atom. The van der Waals surface area contributed by atoms with Gasteiger partial charge in [-0.3, -0.25) is 0 Å². The minimum atomic E-state index is 0. The van der Waals surface area contributed by atoms with Crippen LogP contribution in [0.3, 0.4) is 0 Å². The monoisotopic (exact) mass is 131 g/mol. The summed E-state index contributed by atoms with van der Waals surface area (Å²) in [6.45, 7) is 6.15. The quantitative estimate of drug-likeness (QED) is 0.397. The first kappa shape index (κ1) is 8.47. The Bertz CT molecular complexity index is 95.8. The van der Waals surface area contributed by atoms with Gasteiger partial charge >= 0.3 is 0 Å². The molecule has 0 aromatic heterocycles. The zero-order valence-corrected chi connectivity index (χ0v) is 6.39. The van der Waals surface area contributed by atoms with Crippen LogP contribution < -0.4 is 0 Å². The predicted octanol–water partition coefficient (Wildman–Crippen LogP) is 2.52. The smallest absolute Gasteiger partial charge is 0.0576 e. The second-order valence-corrected chi connectivity index (χ2v) is 2.18. The van der Waals surface area contributed by atoms with Crippen molar-refractivity contribution in [2.45, 2.75) is 33.6 Å². The van der Waals surface area contributed by atoms with E-state index >= 15 is 0 Å². The van der Waals surface area contributed by atoms with Gasteiger partial charge in [-0.1, -0.05) is 25.9 Å². The number of hydrogen-bond donors (Lipinski definition) is 1. The van der Waals surface area contributed by atoms with Crippen LogP contribution in [0.5, 0.6) is 0 Å². The fourth-order valence-corrected chi connectivity index (χ4v) is 0.826. The molecule has 0 aliphatic heterocycles. The van der Waals surface area contributed by atoms with Gasteiger partial charge in [0.1, 0.15) is 0 Å². The lowest BCUT2D eigenvalue weighted by molar-refractivity contribution is 0.307. The van der Waals surface area contributed by atoms with E-state index in [0.717, 1.165) is 24.5 Å². The fraction of sp³-hybridized carbons (Fsp3) is 0.857. The lowest BCUT2D eigenvalue weighted by Gasteiger charge is -2.21. The van der Waals surface area contributed by atoms with E-state index in [9.17, 15) is 0 Å². The minimum absolute atomic E-state index is 0. The number of hydrogen-bond acceptors (Lipinski definition) is 2. The second kappa shape index (κ2) is 4.36. The molecule has 0 radical (unpaired) electrons. The molecule has 0 saturated heterocycles. The van der Waals surface area contributed by atoms with Crippen molar-refractivity contribution >= 4 is 5.71 Å². The van der Waals surface area contributed by atoms with Gasteiger partial charge in [0.25, 0.3) is 0 Å². The van der Waals surface area contributed by atoms with Gasteiger partial charge in [0.15, 0.2) is 0 Å². The van der Waals surface area contributed by atoms with E-state index in [4.69, 9.17) is 5.21 Å². The van der Waals surface area contributed by atoms with Crippen molar-refractivity contribution in [1.82, 2.24) is 0 Å². The summed E-state index contributed by atoms with van der Waals surface area (Å²) >= 11 is 0. The maximum absolute atomic E-state index is 8.09. The van der Waals surface area contributed by atoms with Gasteiger partial charge in [-0.15, -0.1) is 0 Å². The Labute approximate surface area is 58.1 Å². The molecule has 0 bridgehead atoms. The molecule has 1 saturated carbocycles. The predicted molar refractivity (Wildman–Crippen MR) is 41.1 cm³/mol. The van der Waals surface area contributed by atoms with E-state index in [0.29, 0.717) is 0 Å². The molecule has 0 aromatic rings. The van der Waals surface area contributed by atoms with Crippen LogP contribution in [-0.4, -0.2) is 10.9 Å². The third-order valence-electron chi connectivity index (χ3n) is 1.31. The van der Waals surface area contributed by atoms with Crippen molar-refractivity contribution in [3.05, 3.63) is 0 Å². The summed E-state index contributed by atoms with van der Waals surface area (Å²) < 4.78 is 0. The highest BCUT2D eigenvalue weighted by molar-refractivity contribution is 5.89. The average Bonchev–Trinajstić information content (AvgIpc) is 1.86. The molecule has 0 amide bonds. The highest BCUT2D eigenvalue weighted by Gasteiger charge is 2.19. The Morgan fingerprint density at radius 2 is 2.00 bits per heavy atom. The summed E-state index contributed by atoms with van der Waals surface area (Å²) in [5.41, 5.74) is 0.951. The van der Waals surface area contributed by atoms with Gasteiger partial charge in [0, 0.05) is 1.43 Å². The van der Waals surface area contributed by atoms with Gasteiger partial charge in [-0.05, 0) is 18.8 Å². The largest absolute Gasteiger partial charge is 0.411 e. The third-order valence-corrected chi connectivity index (χ3v) is 1.31. The van der Waals surface area contributed by atoms with E-state index < -0.39 is 0 Å². The van der Waals surface area contributed by atoms with Crippen LogP contribution in [-0.2, 0) is 0 Å². The fourth-order valence-electron chi connectivity index (χ4n) is 0.826. The van der Waals surface area contributed by atoms with Crippen LogP contribution in [0.2, 0.25) is 0 Å². The van der Waals surface area contributed by atoms with Gasteiger partial charge < -0.3 is 5.21 Å². The summed E-state index contributed by atoms with van der Waals surface area (Å²) in [7, 11) is 0. The van der Waals surface area contributed by atoms with Crippen molar-refractivity contribution in [2.75, 3.05) is 0 Å². The van der Waals surface area contributed by atoms with Crippen molar-refractivity contribution in [1.29, 1.82) is 0 Å². The zero-order valence-electron chi connectivity index (χ0n) is 6.39. The normalized spacial score (nSPS) is 23.4. The van der Waals surface area contributed by atoms with Crippen LogP contribution >= 0.6 is 0 Å². The zero-order chi connectivity index (χ0) is 7.28. The summed E-state index contributed by atoms with van der Waals surface area (Å²) in [5, 5.41) is 11.2. The Morgan fingerprint density at radius 3 is 2.11 bits per heavy atom. The number of nitrogens with zero attached hydrogens (tertiary/aromatic N) is 1. The summed E-state index contributed by atoms with van der Waals surface area (Å²) in [6, 6.07) is 0. The number of oxime groups is 1. The molecule has 2 heteroatoms. The van der Waals surface area contributed by atoms with Crippen LogP contribution in [0.15, 0.2) is 5.16 Å². The van der Waals surface area contributed by atoms with E-state index in [1.165, 1.54) is 0 Å². The third kappa shape index (κ3) is 2.49. The average molecular weight is 131 g/mol. The molecule has 1 N–H and O–H groups in total. The van der Waals surface area contributed by atoms with E-state index in [1.54, 1.807) is 0 Å². The first-order valence-corrected chi connectivity index (χ1v) is 3.52. The Hall–Kier alpha value is -0.530. The molecule has 0 atom stereocenters. The molecule has 0 unspecified atom stereocenters. The molecule has 56 valence electrons. The van der Waals surface area contributed by atoms with Crippen LogP contribution in [0, 0.1) is 5.92 Å². The highest BCUT2D eigenvalue weighted by Crippen LogP contribution is 2.22. The maximum atomic E-state index is 8.09. The standard InChI is InChI=1S/C5H9NO.C2H6.H2/c1-4-2-5(3-4)6-7;1-2;/h4,7H,2-3H2,1H3;1-2H3;1H. The molecule has 2 nitrogen and oxygen atoms in total. The van der Waals surface area contributed by atoms with Gasteiger partial charge in [0.05, 0.1) is 5.71 Å². The van der Waals surface area contributed by atoms with E-state index in [1.807, 2.05) is 13.8 Å². The van der Waals surface area contributed by atoms with Crippen LogP contribution in [0.1, 0.15) is 35.0 Å². The van der Waals surface area contributed by atoms with Crippen LogP contribution in [0.25, 0.3) is 0 Å². The molecule has 1 aliphatic rings. The second-order valence-electron chi connectivity index (χ2n) is 2.18. The molecule has 0 heterocycles. The highest BCUT2D eigenvalue weighted by atomic mass is 16.4. The van der Waals surface area contributed by atoms with Crippen molar-refractivity contribution in [2.24, 2.45) is 11.1 Å². The maximum Gasteiger partial charge on any atom is 0.0576 e. The van der Waals surface area contributed by atoms with E-state index in [2.05, 4.69) is 12.1 Å². The van der Waals surface area contributed by atoms with Gasteiger partial charge in [0.2, 0.25) is 0 Å². The summed E-state index contributed by atoms with van der Waals surface area (Å²) in [5.74, 6) is 0.755. The van der Waals surface area contributed by atoms with E-state index in [-0.39, 0.29) is 1.43 Å². The molecule has 1 aliphatic carbocycles. The lowest BCUT2D eigenvalue weighted by atomic mass is 9.85. The topological polar surface area (TPSA) is 32.6 Å². The van der Waals surface area contributed by atoms with Crippen molar-refractivity contribution < 1.29 is 6.63 Å². The minimum Gasteiger partial charge on any atom is -0.411 e. The molecule has 0 aromatic carbocycles. The first-order chi connectivity index (χ1) is 4.33. The lowest BCUT2D eigenvalue weighted by Crippen LogP contribution is -2.20. The van der Waals surface area contributed by atoms with Gasteiger partial charge in [-0.2, -0.15) is 0 Å². The van der Waals surface area contributed by atoms with Crippen molar-refractivity contribution in [3.63, 3.8) is 0 Å². The molecule has 1 rings (SSSR count). The Balaban J connectivity index is 0. The molecular weight excluding hydrogens is 114 g/mol. The Kier molecular flexibility index (Phi) is 4.10. The van der Waals surface area contributed by atoms with Crippen molar-refractivity contribution in [3.8, 4) is 0 Å². The van der Waals surface area contributed by atoms with Crippen LogP contribution in [0.4, 0.5) is 0 Å². The first-order valence-electron chi connectivity index (χ1n) is 3.52. The number of rotatable bonds is 0. The molecule has 9 heavy (non-hydrogen) atoms. The SMILES string of the molecule is CC.CC1CC(=NO)C1.[HH]. The van der Waals surface area contributed by atoms with Gasteiger partial charge in [-0.25, -0.2) is 0 Å². The summed E-state index contributed by atoms with van der Waals surface area (Å²) in [4.78, 5) is 0. The molecule has 1 fully saturated rings. The molecule has 0 spiro atoms.